The van der Waals surface area contributed by atoms with E-state index in [1.165, 1.54) is 13.3 Å². The van der Waals surface area contributed by atoms with Gasteiger partial charge in [0.25, 0.3) is 5.91 Å². The largest absolute Gasteiger partial charge is 0.493 e. The number of anilines is 1. The molecule has 9 heteroatoms. The fraction of sp³-hybridized carbons (Fsp3) is 0.222. The number of ether oxygens (including phenoxy) is 2. The molecule has 2 heterocycles. The van der Waals surface area contributed by atoms with Crippen molar-refractivity contribution in [1.29, 1.82) is 0 Å². The number of methoxy groups -OCH3 is 2. The number of amides is 1. The summed E-state index contributed by atoms with van der Waals surface area (Å²) in [7, 11) is 3.10. The molecule has 0 bridgehead atoms. The van der Waals surface area contributed by atoms with Gasteiger partial charge in [-0.05, 0) is 42.0 Å². The van der Waals surface area contributed by atoms with Crippen molar-refractivity contribution in [3.63, 3.8) is 0 Å². The summed E-state index contributed by atoms with van der Waals surface area (Å²) < 4.78 is 10.4. The molecule has 0 aliphatic heterocycles. The Balaban J connectivity index is 0.000000249. The lowest BCUT2D eigenvalue weighted by Crippen LogP contribution is -2.27. The lowest BCUT2D eigenvalue weighted by atomic mass is 9.85. The maximum Gasteiger partial charge on any atom is 0.337 e. The van der Waals surface area contributed by atoms with Gasteiger partial charge < -0.3 is 30.6 Å². The molecule has 1 amide bonds. The van der Waals surface area contributed by atoms with Gasteiger partial charge >= 0.3 is 5.97 Å². The van der Waals surface area contributed by atoms with E-state index in [0.29, 0.717) is 29.0 Å². The Morgan fingerprint density at radius 1 is 1.06 bits per heavy atom. The van der Waals surface area contributed by atoms with Gasteiger partial charge in [-0.15, -0.1) is 0 Å². The first-order valence-corrected chi connectivity index (χ1v) is 11.2. The number of pyridine rings is 1. The zero-order valence-corrected chi connectivity index (χ0v) is 20.7. The smallest absolute Gasteiger partial charge is 0.337 e. The van der Waals surface area contributed by atoms with E-state index in [9.17, 15) is 9.59 Å². The number of carboxylic acid groups (broad SMARTS) is 1. The molecule has 188 valence electrons. The van der Waals surface area contributed by atoms with E-state index in [2.05, 4.69) is 29.1 Å². The van der Waals surface area contributed by atoms with E-state index < -0.39 is 5.97 Å². The SMILES string of the molecule is COc1ccc(C(=O)Nc2ccc(C(C)(C)CN)cc2)cc1OC.O=C(O)c1c[nH]c2cnccc12. The Morgan fingerprint density at radius 2 is 1.75 bits per heavy atom. The minimum Gasteiger partial charge on any atom is -0.493 e. The molecule has 0 spiro atoms. The summed E-state index contributed by atoms with van der Waals surface area (Å²) >= 11 is 0. The van der Waals surface area contributed by atoms with Crippen LogP contribution in [0.3, 0.4) is 0 Å². The fourth-order valence-corrected chi connectivity index (χ4v) is 3.45. The lowest BCUT2D eigenvalue weighted by molar-refractivity contribution is 0.0699. The summed E-state index contributed by atoms with van der Waals surface area (Å²) in [5.74, 6) is -0.0261. The maximum atomic E-state index is 12.4. The lowest BCUT2D eigenvalue weighted by Gasteiger charge is -2.23. The highest BCUT2D eigenvalue weighted by Crippen LogP contribution is 2.28. The van der Waals surface area contributed by atoms with Crippen LogP contribution in [0.5, 0.6) is 11.5 Å². The van der Waals surface area contributed by atoms with Crippen molar-refractivity contribution in [3.8, 4) is 11.5 Å². The van der Waals surface area contributed by atoms with Crippen LogP contribution in [0, 0.1) is 0 Å². The number of rotatable bonds is 7. The van der Waals surface area contributed by atoms with Crippen LogP contribution >= 0.6 is 0 Å². The van der Waals surface area contributed by atoms with Crippen LogP contribution in [0.1, 0.15) is 40.1 Å². The van der Waals surface area contributed by atoms with Gasteiger partial charge in [-0.1, -0.05) is 26.0 Å². The number of hydrogen-bond acceptors (Lipinski definition) is 6. The number of carbonyl (C=O) groups excluding carboxylic acids is 1. The van der Waals surface area contributed by atoms with Gasteiger partial charge in [0.2, 0.25) is 0 Å². The molecule has 0 aliphatic carbocycles. The van der Waals surface area contributed by atoms with Crippen LogP contribution in [0.4, 0.5) is 5.69 Å². The third kappa shape index (κ3) is 6.00. The van der Waals surface area contributed by atoms with Crippen molar-refractivity contribution in [3.05, 3.63) is 83.8 Å². The summed E-state index contributed by atoms with van der Waals surface area (Å²) in [4.78, 5) is 29.7. The number of nitrogens with zero attached hydrogens (tertiary/aromatic N) is 1. The Hall–Kier alpha value is -4.37. The summed E-state index contributed by atoms with van der Waals surface area (Å²) in [6.07, 6.45) is 4.64. The van der Waals surface area contributed by atoms with Crippen molar-refractivity contribution in [2.24, 2.45) is 5.73 Å². The highest BCUT2D eigenvalue weighted by Gasteiger charge is 2.18. The van der Waals surface area contributed by atoms with Gasteiger partial charge in [0.15, 0.2) is 11.5 Å². The Bertz CT molecular complexity index is 1350. The maximum absolute atomic E-state index is 12.4. The van der Waals surface area contributed by atoms with Crippen molar-refractivity contribution in [2.45, 2.75) is 19.3 Å². The molecule has 0 unspecified atom stereocenters. The van der Waals surface area contributed by atoms with E-state index in [-0.39, 0.29) is 16.9 Å². The number of H-pyrrole nitrogens is 1. The molecule has 0 saturated heterocycles. The van der Waals surface area contributed by atoms with Crippen LogP contribution in [0.15, 0.2) is 67.1 Å². The van der Waals surface area contributed by atoms with E-state index in [4.69, 9.17) is 20.3 Å². The van der Waals surface area contributed by atoms with E-state index in [0.717, 1.165) is 16.8 Å². The third-order valence-electron chi connectivity index (χ3n) is 5.79. The number of aromatic nitrogens is 2. The number of benzene rings is 2. The number of nitrogens with one attached hydrogen (secondary N) is 2. The summed E-state index contributed by atoms with van der Waals surface area (Å²) in [5.41, 5.74) is 9.09. The first-order chi connectivity index (χ1) is 17.2. The van der Waals surface area contributed by atoms with E-state index >= 15 is 0 Å². The highest BCUT2D eigenvalue weighted by atomic mass is 16.5. The fourth-order valence-electron chi connectivity index (χ4n) is 3.45. The standard InChI is InChI=1S/C19H24N2O3.C8H6N2O2/c1-19(2,12-20)14-6-8-15(9-7-14)21-18(22)13-5-10-16(23-3)17(11-13)24-4;11-8(12)6-3-10-7-4-9-2-1-5(6)7/h5-11H,12,20H2,1-4H3,(H,21,22);1-4,10H,(H,11,12). The predicted molar refractivity (Wildman–Crippen MR) is 139 cm³/mol. The van der Waals surface area contributed by atoms with Crippen molar-refractivity contribution in [2.75, 3.05) is 26.1 Å². The van der Waals surface area contributed by atoms with Gasteiger partial charge in [-0.2, -0.15) is 0 Å². The molecule has 2 aromatic carbocycles. The van der Waals surface area contributed by atoms with Gasteiger partial charge in [-0.3, -0.25) is 9.78 Å². The second kappa shape index (κ2) is 11.4. The minimum absolute atomic E-state index is 0.0914. The van der Waals surface area contributed by atoms with Crippen LogP contribution in [0.2, 0.25) is 0 Å². The molecule has 0 radical (unpaired) electrons. The topological polar surface area (TPSA) is 140 Å². The number of hydrogen-bond donors (Lipinski definition) is 4. The normalized spacial score (nSPS) is 10.8. The van der Waals surface area contributed by atoms with Gasteiger partial charge in [0.1, 0.15) is 0 Å². The minimum atomic E-state index is -0.924. The summed E-state index contributed by atoms with van der Waals surface area (Å²) in [5, 5.41) is 12.3. The monoisotopic (exact) mass is 490 g/mol. The van der Waals surface area contributed by atoms with Crippen LogP contribution in [0.25, 0.3) is 10.9 Å². The zero-order chi connectivity index (χ0) is 26.3. The van der Waals surface area contributed by atoms with Crippen LogP contribution in [-0.4, -0.2) is 47.7 Å². The molecule has 4 rings (SSSR count). The quantitative estimate of drug-likeness (QED) is 0.300. The van der Waals surface area contributed by atoms with Gasteiger partial charge in [-0.25, -0.2) is 4.79 Å². The molecule has 0 saturated carbocycles. The van der Waals surface area contributed by atoms with Crippen molar-refractivity contribution in [1.82, 2.24) is 9.97 Å². The molecule has 0 fully saturated rings. The highest BCUT2D eigenvalue weighted by molar-refractivity contribution is 6.04. The first kappa shape index (κ1) is 26.2. The van der Waals surface area contributed by atoms with Crippen molar-refractivity contribution < 1.29 is 24.2 Å². The zero-order valence-electron chi connectivity index (χ0n) is 20.7. The number of carboxylic acids is 1. The molecular weight excluding hydrogens is 460 g/mol. The average Bonchev–Trinajstić information content (AvgIpc) is 3.33. The first-order valence-electron chi connectivity index (χ1n) is 11.2. The second-order valence-corrected chi connectivity index (χ2v) is 8.62. The third-order valence-corrected chi connectivity index (χ3v) is 5.79. The van der Waals surface area contributed by atoms with E-state index in [1.807, 2.05) is 24.3 Å². The summed E-state index contributed by atoms with van der Waals surface area (Å²) in [6, 6.07) is 14.5. The molecule has 4 aromatic rings. The van der Waals surface area contributed by atoms with Crippen molar-refractivity contribution >= 4 is 28.5 Å². The molecule has 5 N–H and O–H groups in total. The van der Waals surface area contributed by atoms with Gasteiger partial charge in [0, 0.05) is 41.0 Å². The average molecular weight is 491 g/mol. The number of carbonyl (C=O) groups is 2. The Kier molecular flexibility index (Phi) is 8.29. The number of aromatic carboxylic acids is 1. The molecular formula is C27H30N4O5. The summed E-state index contributed by atoms with van der Waals surface area (Å²) in [6.45, 7) is 4.73. The number of fused-ring (bicyclic) bond motifs is 1. The molecule has 0 atom stereocenters. The second-order valence-electron chi connectivity index (χ2n) is 8.62. The van der Waals surface area contributed by atoms with Crippen LogP contribution < -0.4 is 20.5 Å². The number of nitrogens with two attached hydrogens (primary N) is 1. The predicted octanol–water partition coefficient (Wildman–Crippen LogP) is 4.45. The van der Waals surface area contributed by atoms with Crippen LogP contribution in [-0.2, 0) is 5.41 Å². The molecule has 2 aromatic heterocycles. The molecule has 9 nitrogen and oxygen atoms in total. The van der Waals surface area contributed by atoms with E-state index in [1.54, 1.807) is 43.8 Å². The number of aromatic amines is 1. The Labute approximate surface area is 209 Å². The van der Waals surface area contributed by atoms with Gasteiger partial charge in [0.05, 0.1) is 31.5 Å². The Morgan fingerprint density at radius 3 is 2.36 bits per heavy atom. The molecule has 36 heavy (non-hydrogen) atoms. The molecule has 0 aliphatic rings.